The summed E-state index contributed by atoms with van der Waals surface area (Å²) in [7, 11) is 0. The van der Waals surface area contributed by atoms with Crippen LogP contribution in [0.4, 0.5) is 21.7 Å². The number of carbonyl (C=O) groups is 1. The number of anilines is 3. The fraction of sp³-hybridized carbons (Fsp3) is 0.0833. The van der Waals surface area contributed by atoms with E-state index in [1.54, 1.807) is 48.9 Å². The third-order valence-corrected chi connectivity index (χ3v) is 4.58. The molecule has 0 aliphatic carbocycles. The predicted molar refractivity (Wildman–Crippen MR) is 120 cm³/mol. The van der Waals surface area contributed by atoms with Gasteiger partial charge in [0.2, 0.25) is 5.95 Å². The Morgan fingerprint density at radius 3 is 2.75 bits per heavy atom. The first-order chi connectivity index (χ1) is 15.6. The van der Waals surface area contributed by atoms with Crippen LogP contribution >= 0.6 is 0 Å². The first kappa shape index (κ1) is 20.9. The molecule has 0 aliphatic heterocycles. The van der Waals surface area contributed by atoms with E-state index in [0.29, 0.717) is 11.6 Å². The highest BCUT2D eigenvalue weighted by Crippen LogP contribution is 2.24. The zero-order valence-electron chi connectivity index (χ0n) is 17.2. The van der Waals surface area contributed by atoms with Crippen LogP contribution in [0.15, 0.2) is 79.3 Å². The number of aromatic nitrogens is 3. The lowest BCUT2D eigenvalue weighted by atomic mass is 10.1. The van der Waals surface area contributed by atoms with Crippen LogP contribution in [0.2, 0.25) is 0 Å². The zero-order valence-corrected chi connectivity index (χ0v) is 17.2. The van der Waals surface area contributed by atoms with E-state index in [-0.39, 0.29) is 12.4 Å². The van der Waals surface area contributed by atoms with Gasteiger partial charge in [-0.25, -0.2) is 14.4 Å². The summed E-state index contributed by atoms with van der Waals surface area (Å²) in [4.78, 5) is 25.2. The molecule has 2 heterocycles. The van der Waals surface area contributed by atoms with Gasteiger partial charge in [0.25, 0.3) is 5.91 Å². The summed E-state index contributed by atoms with van der Waals surface area (Å²) in [5.41, 5.74) is 3.86. The molecular weight excluding hydrogens is 409 g/mol. The Balaban J connectivity index is 1.44. The number of aryl methyl sites for hydroxylation is 1. The van der Waals surface area contributed by atoms with Gasteiger partial charge in [0.05, 0.1) is 5.69 Å². The van der Waals surface area contributed by atoms with Gasteiger partial charge in [-0.1, -0.05) is 18.2 Å². The maximum atomic E-state index is 13.6. The molecule has 0 saturated carbocycles. The van der Waals surface area contributed by atoms with Crippen LogP contribution in [0.1, 0.15) is 5.56 Å². The Labute approximate surface area is 184 Å². The number of nitrogens with one attached hydrogen (secondary N) is 2. The van der Waals surface area contributed by atoms with Gasteiger partial charge in [-0.15, -0.1) is 0 Å². The number of rotatable bonds is 7. The van der Waals surface area contributed by atoms with Gasteiger partial charge in [-0.05, 0) is 55.0 Å². The first-order valence-corrected chi connectivity index (χ1v) is 9.87. The van der Waals surface area contributed by atoms with Gasteiger partial charge in [0.15, 0.2) is 18.2 Å². The number of amides is 1. The number of carbonyl (C=O) groups excluding carboxylic acids is 1. The van der Waals surface area contributed by atoms with Crippen molar-refractivity contribution in [2.45, 2.75) is 6.92 Å². The van der Waals surface area contributed by atoms with Crippen molar-refractivity contribution in [2.24, 2.45) is 0 Å². The van der Waals surface area contributed by atoms with E-state index < -0.39 is 11.7 Å². The fourth-order valence-electron chi connectivity index (χ4n) is 2.95. The monoisotopic (exact) mass is 429 g/mol. The molecule has 2 N–H and O–H groups in total. The molecule has 0 saturated heterocycles. The van der Waals surface area contributed by atoms with E-state index in [0.717, 1.165) is 22.5 Å². The first-order valence-electron chi connectivity index (χ1n) is 9.87. The van der Waals surface area contributed by atoms with E-state index in [9.17, 15) is 9.18 Å². The van der Waals surface area contributed by atoms with Crippen molar-refractivity contribution >= 4 is 23.2 Å². The van der Waals surface area contributed by atoms with Gasteiger partial charge in [0.1, 0.15) is 0 Å². The van der Waals surface area contributed by atoms with Gasteiger partial charge < -0.3 is 15.4 Å². The summed E-state index contributed by atoms with van der Waals surface area (Å²) in [6.45, 7) is 1.62. The number of ether oxygens (including phenoxy) is 1. The molecule has 0 bridgehead atoms. The smallest absolute Gasteiger partial charge is 0.262 e. The second kappa shape index (κ2) is 9.65. The fourth-order valence-corrected chi connectivity index (χ4v) is 2.95. The standard InChI is InChI=1S/C24H20FN5O2/c1-16-8-9-18(28-23(31)15-32-22-7-3-2-6-19(22)25)13-21(16)30-24-27-12-10-20(29-24)17-5-4-11-26-14-17/h2-14H,15H2,1H3,(H,28,31)(H,27,29,30). The van der Waals surface area contributed by atoms with Gasteiger partial charge in [-0.2, -0.15) is 0 Å². The van der Waals surface area contributed by atoms with Crippen LogP contribution in [-0.4, -0.2) is 27.5 Å². The molecule has 160 valence electrons. The Hall–Kier alpha value is -4.33. The number of nitrogens with zero attached hydrogens (tertiary/aromatic N) is 3. The van der Waals surface area contributed by atoms with E-state index >= 15 is 0 Å². The van der Waals surface area contributed by atoms with Crippen molar-refractivity contribution in [2.75, 3.05) is 17.2 Å². The molecule has 0 aliphatic rings. The van der Waals surface area contributed by atoms with Gasteiger partial charge in [0, 0.05) is 35.5 Å². The summed E-state index contributed by atoms with van der Waals surface area (Å²) in [6.07, 6.45) is 5.10. The molecule has 8 heteroatoms. The number of hydrogen-bond acceptors (Lipinski definition) is 6. The minimum Gasteiger partial charge on any atom is -0.481 e. The van der Waals surface area contributed by atoms with Crippen LogP contribution in [0.3, 0.4) is 0 Å². The normalized spacial score (nSPS) is 10.4. The molecule has 2 aromatic heterocycles. The summed E-state index contributed by atoms with van der Waals surface area (Å²) in [5, 5.41) is 5.93. The Morgan fingerprint density at radius 1 is 1.06 bits per heavy atom. The number of halogens is 1. The molecule has 7 nitrogen and oxygen atoms in total. The summed E-state index contributed by atoms with van der Waals surface area (Å²) >= 11 is 0. The van der Waals surface area contributed by atoms with E-state index in [2.05, 4.69) is 25.6 Å². The highest BCUT2D eigenvalue weighted by Gasteiger charge is 2.09. The lowest BCUT2D eigenvalue weighted by Crippen LogP contribution is -2.20. The Morgan fingerprint density at radius 2 is 1.94 bits per heavy atom. The largest absolute Gasteiger partial charge is 0.481 e. The van der Waals surface area contributed by atoms with Crippen molar-refractivity contribution in [1.29, 1.82) is 0 Å². The summed E-state index contributed by atoms with van der Waals surface area (Å²) < 4.78 is 18.9. The molecule has 0 fully saturated rings. The predicted octanol–water partition coefficient (Wildman–Crippen LogP) is 4.75. The Kier molecular flexibility index (Phi) is 6.31. The number of pyridine rings is 1. The van der Waals surface area contributed by atoms with E-state index in [1.807, 2.05) is 25.1 Å². The summed E-state index contributed by atoms with van der Waals surface area (Å²) in [5.74, 6) is -0.478. The average Bonchev–Trinajstić information content (AvgIpc) is 2.81. The van der Waals surface area contributed by atoms with Crippen molar-refractivity contribution < 1.29 is 13.9 Å². The van der Waals surface area contributed by atoms with Crippen LogP contribution < -0.4 is 15.4 Å². The van der Waals surface area contributed by atoms with Crippen LogP contribution in [0.25, 0.3) is 11.3 Å². The van der Waals surface area contributed by atoms with Crippen LogP contribution in [0.5, 0.6) is 5.75 Å². The summed E-state index contributed by atoms with van der Waals surface area (Å²) in [6, 6.07) is 16.9. The van der Waals surface area contributed by atoms with Crippen LogP contribution in [0, 0.1) is 12.7 Å². The minimum atomic E-state index is -0.518. The SMILES string of the molecule is Cc1ccc(NC(=O)COc2ccccc2F)cc1Nc1nccc(-c2cccnc2)n1. The third kappa shape index (κ3) is 5.23. The number of hydrogen-bond donors (Lipinski definition) is 2. The number of para-hydroxylation sites is 1. The van der Waals surface area contributed by atoms with Crippen LogP contribution in [-0.2, 0) is 4.79 Å². The number of benzene rings is 2. The molecular formula is C24H20FN5O2. The molecule has 4 rings (SSSR count). The minimum absolute atomic E-state index is 0.0274. The van der Waals surface area contributed by atoms with Gasteiger partial charge in [-0.3, -0.25) is 9.78 Å². The molecule has 0 spiro atoms. The average molecular weight is 429 g/mol. The highest BCUT2D eigenvalue weighted by atomic mass is 19.1. The molecule has 2 aromatic carbocycles. The van der Waals surface area contributed by atoms with Crippen molar-refractivity contribution in [3.05, 3.63) is 90.6 Å². The Bertz CT molecular complexity index is 1230. The molecule has 0 unspecified atom stereocenters. The lowest BCUT2D eigenvalue weighted by molar-refractivity contribution is -0.118. The second-order valence-corrected chi connectivity index (χ2v) is 6.93. The molecule has 0 radical (unpaired) electrons. The maximum Gasteiger partial charge on any atom is 0.262 e. The maximum absolute atomic E-state index is 13.6. The van der Waals surface area contributed by atoms with E-state index in [4.69, 9.17) is 4.74 Å². The molecule has 4 aromatic rings. The quantitative estimate of drug-likeness (QED) is 0.441. The van der Waals surface area contributed by atoms with Crippen molar-refractivity contribution in [3.63, 3.8) is 0 Å². The molecule has 1 amide bonds. The van der Waals surface area contributed by atoms with Crippen molar-refractivity contribution in [3.8, 4) is 17.0 Å². The highest BCUT2D eigenvalue weighted by molar-refractivity contribution is 5.92. The topological polar surface area (TPSA) is 89.0 Å². The van der Waals surface area contributed by atoms with Crippen molar-refractivity contribution in [1.82, 2.24) is 15.0 Å². The molecule has 0 atom stereocenters. The third-order valence-electron chi connectivity index (χ3n) is 4.58. The van der Waals surface area contributed by atoms with E-state index in [1.165, 1.54) is 12.1 Å². The van der Waals surface area contributed by atoms with Gasteiger partial charge >= 0.3 is 0 Å². The lowest BCUT2D eigenvalue weighted by Gasteiger charge is -2.12. The molecule has 32 heavy (non-hydrogen) atoms. The second-order valence-electron chi connectivity index (χ2n) is 6.93. The zero-order chi connectivity index (χ0) is 22.3.